The third-order valence-electron chi connectivity index (χ3n) is 5.24. The van der Waals surface area contributed by atoms with Crippen molar-refractivity contribution >= 4 is 5.57 Å². The summed E-state index contributed by atoms with van der Waals surface area (Å²) in [5.41, 5.74) is 8.83. The lowest BCUT2D eigenvalue weighted by Crippen LogP contribution is -2.24. The normalized spacial score (nSPS) is 17.2. The molecule has 0 unspecified atom stereocenters. The monoisotopic (exact) mass is 322 g/mol. The number of halogens is 1. The van der Waals surface area contributed by atoms with Gasteiger partial charge in [-0.15, -0.1) is 0 Å². The molecule has 2 aliphatic rings. The molecule has 2 nitrogen and oxygen atoms in total. The fraction of sp³-hybridized carbons (Fsp3) is 0.381. The molecular formula is C21H23FN2. The van der Waals surface area contributed by atoms with Gasteiger partial charge < -0.3 is 5.32 Å². The lowest BCUT2D eigenvalue weighted by molar-refractivity contribution is 0.610. The second-order valence-corrected chi connectivity index (χ2v) is 6.73. The van der Waals surface area contributed by atoms with Crippen LogP contribution in [-0.2, 0) is 19.3 Å². The SMILES string of the molecule is CCc1ccc2c(c1)CCc1cc(F)cnc1C2=C1CCNCC1. The summed E-state index contributed by atoms with van der Waals surface area (Å²) in [7, 11) is 0. The van der Waals surface area contributed by atoms with Crippen molar-refractivity contribution < 1.29 is 4.39 Å². The van der Waals surface area contributed by atoms with E-state index < -0.39 is 0 Å². The topological polar surface area (TPSA) is 24.9 Å². The molecule has 1 aromatic carbocycles. The molecule has 2 aromatic rings. The smallest absolute Gasteiger partial charge is 0.141 e. The zero-order valence-electron chi connectivity index (χ0n) is 14.2. The van der Waals surface area contributed by atoms with Crippen molar-refractivity contribution in [2.24, 2.45) is 0 Å². The number of rotatable bonds is 1. The van der Waals surface area contributed by atoms with Crippen molar-refractivity contribution in [1.82, 2.24) is 10.3 Å². The van der Waals surface area contributed by atoms with E-state index in [1.165, 1.54) is 34.0 Å². The fourth-order valence-electron chi connectivity index (χ4n) is 3.95. The first kappa shape index (κ1) is 15.5. The number of pyridine rings is 1. The van der Waals surface area contributed by atoms with E-state index in [4.69, 9.17) is 0 Å². The molecule has 4 rings (SSSR count). The first-order valence-corrected chi connectivity index (χ1v) is 8.96. The molecule has 1 aromatic heterocycles. The molecule has 1 fully saturated rings. The Kier molecular flexibility index (Phi) is 4.19. The average molecular weight is 322 g/mol. The minimum Gasteiger partial charge on any atom is -0.316 e. The Bertz CT molecular complexity index is 799. The van der Waals surface area contributed by atoms with Crippen LogP contribution in [0.15, 0.2) is 36.0 Å². The summed E-state index contributed by atoms with van der Waals surface area (Å²) in [5.74, 6) is -0.233. The summed E-state index contributed by atoms with van der Waals surface area (Å²) in [4.78, 5) is 4.52. The minimum atomic E-state index is -0.233. The standard InChI is InChI=1S/C21H23FN2/c1-2-14-3-6-19-16(11-14)4-5-17-12-18(22)13-24-21(17)20(19)15-7-9-23-10-8-15/h3,6,11-13,23H,2,4-5,7-10H2,1H3. The summed E-state index contributed by atoms with van der Waals surface area (Å²) in [5, 5.41) is 3.43. The maximum Gasteiger partial charge on any atom is 0.141 e. The van der Waals surface area contributed by atoms with E-state index in [1.54, 1.807) is 6.07 Å². The van der Waals surface area contributed by atoms with Crippen molar-refractivity contribution in [3.05, 3.63) is 69.8 Å². The van der Waals surface area contributed by atoms with Crippen LogP contribution in [0.4, 0.5) is 4.39 Å². The third-order valence-corrected chi connectivity index (χ3v) is 5.24. The maximum absolute atomic E-state index is 13.8. The molecule has 3 heteroatoms. The lowest BCUT2D eigenvalue weighted by Gasteiger charge is -2.22. The fourth-order valence-corrected chi connectivity index (χ4v) is 3.95. The molecule has 1 aliphatic carbocycles. The summed E-state index contributed by atoms with van der Waals surface area (Å²) in [6.45, 7) is 4.21. The van der Waals surface area contributed by atoms with E-state index in [-0.39, 0.29) is 5.82 Å². The highest BCUT2D eigenvalue weighted by atomic mass is 19.1. The quantitative estimate of drug-likeness (QED) is 0.856. The van der Waals surface area contributed by atoms with E-state index in [1.807, 2.05) is 0 Å². The molecule has 0 amide bonds. The molecule has 1 saturated heterocycles. The number of hydrogen-bond donors (Lipinski definition) is 1. The highest BCUT2D eigenvalue weighted by Crippen LogP contribution is 2.37. The van der Waals surface area contributed by atoms with Crippen molar-refractivity contribution in [2.75, 3.05) is 13.1 Å². The molecule has 124 valence electrons. The van der Waals surface area contributed by atoms with Gasteiger partial charge in [-0.2, -0.15) is 0 Å². The number of nitrogens with zero attached hydrogens (tertiary/aromatic N) is 1. The van der Waals surface area contributed by atoms with Gasteiger partial charge in [0.1, 0.15) is 5.82 Å². The Balaban J connectivity index is 1.95. The molecule has 1 N–H and O–H groups in total. The van der Waals surface area contributed by atoms with Crippen LogP contribution in [0.5, 0.6) is 0 Å². The summed E-state index contributed by atoms with van der Waals surface area (Å²) < 4.78 is 13.8. The molecule has 0 atom stereocenters. The van der Waals surface area contributed by atoms with Gasteiger partial charge in [0.2, 0.25) is 0 Å². The van der Waals surface area contributed by atoms with E-state index in [0.717, 1.165) is 56.5 Å². The molecule has 0 spiro atoms. The highest BCUT2D eigenvalue weighted by molar-refractivity contribution is 5.84. The first-order chi connectivity index (χ1) is 11.8. The molecular weight excluding hydrogens is 299 g/mol. The number of piperidine rings is 1. The molecule has 0 bridgehead atoms. The van der Waals surface area contributed by atoms with Crippen molar-refractivity contribution in [3.8, 4) is 0 Å². The Morgan fingerprint density at radius 1 is 1.04 bits per heavy atom. The van der Waals surface area contributed by atoms with Crippen LogP contribution in [0.2, 0.25) is 0 Å². The number of fused-ring (bicyclic) bond motifs is 2. The van der Waals surface area contributed by atoms with Crippen molar-refractivity contribution in [3.63, 3.8) is 0 Å². The largest absolute Gasteiger partial charge is 0.316 e. The van der Waals surface area contributed by atoms with Gasteiger partial charge in [-0.3, -0.25) is 4.98 Å². The molecule has 24 heavy (non-hydrogen) atoms. The summed E-state index contributed by atoms with van der Waals surface area (Å²) >= 11 is 0. The van der Waals surface area contributed by atoms with Crippen LogP contribution in [0.1, 0.15) is 47.7 Å². The minimum absolute atomic E-state index is 0.233. The van der Waals surface area contributed by atoms with Gasteiger partial charge in [0.25, 0.3) is 0 Å². The van der Waals surface area contributed by atoms with Gasteiger partial charge in [0.15, 0.2) is 0 Å². The predicted molar refractivity (Wildman–Crippen MR) is 95.5 cm³/mol. The number of benzene rings is 1. The van der Waals surface area contributed by atoms with E-state index in [0.29, 0.717) is 0 Å². The zero-order chi connectivity index (χ0) is 16.5. The zero-order valence-corrected chi connectivity index (χ0v) is 14.2. The average Bonchev–Trinajstić information content (AvgIpc) is 2.78. The Morgan fingerprint density at radius 3 is 2.62 bits per heavy atom. The van der Waals surface area contributed by atoms with Crippen molar-refractivity contribution in [2.45, 2.75) is 39.0 Å². The van der Waals surface area contributed by atoms with Crippen LogP contribution >= 0.6 is 0 Å². The molecule has 0 radical (unpaired) electrons. The third kappa shape index (κ3) is 2.78. The first-order valence-electron chi connectivity index (χ1n) is 8.96. The van der Waals surface area contributed by atoms with Gasteiger partial charge in [0.05, 0.1) is 11.9 Å². The highest BCUT2D eigenvalue weighted by Gasteiger charge is 2.24. The number of aromatic nitrogens is 1. The van der Waals surface area contributed by atoms with Crippen LogP contribution in [0.25, 0.3) is 5.57 Å². The Labute approximate surface area is 142 Å². The van der Waals surface area contributed by atoms with Crippen LogP contribution < -0.4 is 5.32 Å². The van der Waals surface area contributed by atoms with Gasteiger partial charge >= 0.3 is 0 Å². The molecule has 1 aliphatic heterocycles. The van der Waals surface area contributed by atoms with Gasteiger partial charge in [-0.25, -0.2) is 4.39 Å². The molecule has 2 heterocycles. The van der Waals surface area contributed by atoms with Crippen molar-refractivity contribution in [1.29, 1.82) is 0 Å². The summed E-state index contributed by atoms with van der Waals surface area (Å²) in [6, 6.07) is 8.50. The summed E-state index contributed by atoms with van der Waals surface area (Å²) in [6.07, 6.45) is 6.31. The van der Waals surface area contributed by atoms with Gasteiger partial charge in [-0.05, 0) is 73.5 Å². The number of hydrogen-bond acceptors (Lipinski definition) is 2. The van der Waals surface area contributed by atoms with Gasteiger partial charge in [-0.1, -0.05) is 30.7 Å². The van der Waals surface area contributed by atoms with Gasteiger partial charge in [0, 0.05) is 5.57 Å². The van der Waals surface area contributed by atoms with Crippen LogP contribution in [-0.4, -0.2) is 18.1 Å². The predicted octanol–water partition coefficient (Wildman–Crippen LogP) is 4.07. The second kappa shape index (κ2) is 6.48. The lowest BCUT2D eigenvalue weighted by atomic mass is 9.88. The number of aryl methyl sites for hydroxylation is 3. The van der Waals surface area contributed by atoms with Crippen LogP contribution in [0, 0.1) is 5.82 Å². The maximum atomic E-state index is 13.8. The second-order valence-electron chi connectivity index (χ2n) is 6.73. The van der Waals surface area contributed by atoms with E-state index in [9.17, 15) is 4.39 Å². The molecule has 0 saturated carbocycles. The van der Waals surface area contributed by atoms with E-state index in [2.05, 4.69) is 35.4 Å². The van der Waals surface area contributed by atoms with E-state index >= 15 is 0 Å². The Morgan fingerprint density at radius 2 is 1.83 bits per heavy atom. The van der Waals surface area contributed by atoms with Crippen LogP contribution in [0.3, 0.4) is 0 Å². The Hall–Kier alpha value is -2.00. The number of nitrogens with one attached hydrogen (secondary N) is 1.